The molecule has 3 heteroatoms. The van der Waals surface area contributed by atoms with Crippen molar-refractivity contribution in [2.24, 2.45) is 40.4 Å². The average molecular weight is 431 g/mol. The standard InChI is InChI=1S/C28H46O3/c1-5-6-7-8-9-26(30)31-21-14-16-27(3)20(18-21)10-11-22-24-13-12-23(19(2)29)28(24,4)17-15-25(22)27/h20-25H,5-18H2,1-4H3/t20-,21-,22-,23+,24-,25-,27-,28+/m0/s1. The molecule has 176 valence electrons. The van der Waals surface area contributed by atoms with Crippen molar-refractivity contribution in [3.63, 3.8) is 0 Å². The van der Waals surface area contributed by atoms with Gasteiger partial charge in [0.1, 0.15) is 11.9 Å². The first kappa shape index (κ1) is 23.3. The van der Waals surface area contributed by atoms with Crippen LogP contribution in [0, 0.1) is 40.4 Å². The minimum Gasteiger partial charge on any atom is -0.462 e. The highest BCUT2D eigenvalue weighted by Gasteiger charge is 2.60. The normalized spacial score (nSPS) is 44.1. The zero-order chi connectivity index (χ0) is 22.2. The Morgan fingerprint density at radius 1 is 0.871 bits per heavy atom. The average Bonchev–Trinajstić information content (AvgIpc) is 3.09. The molecule has 0 spiro atoms. The summed E-state index contributed by atoms with van der Waals surface area (Å²) in [6.07, 6.45) is 16.2. The lowest BCUT2D eigenvalue weighted by Crippen LogP contribution is -2.54. The van der Waals surface area contributed by atoms with Gasteiger partial charge in [-0.25, -0.2) is 0 Å². The Labute approximate surface area is 190 Å². The van der Waals surface area contributed by atoms with Crippen LogP contribution in [-0.4, -0.2) is 17.9 Å². The maximum absolute atomic E-state index is 12.3. The van der Waals surface area contributed by atoms with Crippen LogP contribution in [0.5, 0.6) is 0 Å². The van der Waals surface area contributed by atoms with Crippen LogP contribution in [0.25, 0.3) is 0 Å². The van der Waals surface area contributed by atoms with Crippen molar-refractivity contribution in [1.82, 2.24) is 0 Å². The van der Waals surface area contributed by atoms with Gasteiger partial charge in [0, 0.05) is 12.3 Å². The molecule has 0 amide bonds. The van der Waals surface area contributed by atoms with E-state index in [0.29, 0.717) is 29.5 Å². The van der Waals surface area contributed by atoms with Crippen LogP contribution in [0.1, 0.15) is 118 Å². The van der Waals surface area contributed by atoms with Crippen molar-refractivity contribution in [1.29, 1.82) is 0 Å². The Morgan fingerprint density at radius 2 is 1.61 bits per heavy atom. The molecule has 4 fully saturated rings. The zero-order valence-electron chi connectivity index (χ0n) is 20.6. The summed E-state index contributed by atoms with van der Waals surface area (Å²) in [6.45, 7) is 9.04. The molecular weight excluding hydrogens is 384 g/mol. The number of ketones is 1. The van der Waals surface area contributed by atoms with Crippen molar-refractivity contribution >= 4 is 11.8 Å². The highest BCUT2D eigenvalue weighted by Crippen LogP contribution is 2.67. The van der Waals surface area contributed by atoms with Gasteiger partial charge in [0.15, 0.2) is 0 Å². The van der Waals surface area contributed by atoms with Gasteiger partial charge in [-0.05, 0) is 106 Å². The second kappa shape index (κ2) is 9.18. The second-order valence-corrected chi connectivity index (χ2v) is 12.1. The van der Waals surface area contributed by atoms with Crippen LogP contribution in [0.3, 0.4) is 0 Å². The number of carbonyl (C=O) groups is 2. The third-order valence-corrected chi connectivity index (χ3v) is 10.6. The van der Waals surface area contributed by atoms with Gasteiger partial charge < -0.3 is 4.74 Å². The Kier molecular flexibility index (Phi) is 6.90. The SMILES string of the molecule is CCCCCCC(=O)O[C@H]1CC[C@@]2(C)[C@@H](CC[C@@H]3[C@@H]2CC[C@]2(C)[C@@H](C(C)=O)CC[C@@H]32)C1. The molecule has 0 aliphatic heterocycles. The smallest absolute Gasteiger partial charge is 0.306 e. The highest BCUT2D eigenvalue weighted by molar-refractivity contribution is 5.79. The molecule has 0 bridgehead atoms. The predicted octanol–water partition coefficient (Wildman–Crippen LogP) is 7.12. The van der Waals surface area contributed by atoms with E-state index >= 15 is 0 Å². The molecule has 0 N–H and O–H groups in total. The first-order valence-electron chi connectivity index (χ1n) is 13.5. The molecular formula is C28H46O3. The third-order valence-electron chi connectivity index (χ3n) is 10.6. The number of hydrogen-bond acceptors (Lipinski definition) is 3. The molecule has 4 saturated carbocycles. The van der Waals surface area contributed by atoms with Crippen LogP contribution in [0.4, 0.5) is 0 Å². The lowest BCUT2D eigenvalue weighted by molar-refractivity contribution is -0.163. The molecule has 0 saturated heterocycles. The van der Waals surface area contributed by atoms with E-state index in [1.807, 2.05) is 6.92 Å². The van der Waals surface area contributed by atoms with E-state index < -0.39 is 0 Å². The van der Waals surface area contributed by atoms with Gasteiger partial charge in [0.25, 0.3) is 0 Å². The van der Waals surface area contributed by atoms with E-state index in [1.54, 1.807) is 0 Å². The van der Waals surface area contributed by atoms with E-state index in [4.69, 9.17) is 4.74 Å². The van der Waals surface area contributed by atoms with Crippen molar-refractivity contribution in [3.05, 3.63) is 0 Å². The highest BCUT2D eigenvalue weighted by atomic mass is 16.5. The van der Waals surface area contributed by atoms with E-state index in [-0.39, 0.29) is 17.5 Å². The summed E-state index contributed by atoms with van der Waals surface area (Å²) in [5.41, 5.74) is 0.656. The number of hydrogen-bond donors (Lipinski definition) is 0. The van der Waals surface area contributed by atoms with Gasteiger partial charge in [-0.15, -0.1) is 0 Å². The largest absolute Gasteiger partial charge is 0.462 e. The number of Topliss-reactive ketones (excluding diaryl/α,β-unsaturated/α-hetero) is 1. The van der Waals surface area contributed by atoms with Gasteiger partial charge in [-0.1, -0.05) is 40.0 Å². The first-order valence-corrected chi connectivity index (χ1v) is 13.5. The van der Waals surface area contributed by atoms with Crippen molar-refractivity contribution in [2.45, 2.75) is 124 Å². The monoisotopic (exact) mass is 430 g/mol. The lowest BCUT2D eigenvalue weighted by Gasteiger charge is -2.61. The number of carbonyl (C=O) groups excluding carboxylic acids is 2. The minimum absolute atomic E-state index is 0.0352. The van der Waals surface area contributed by atoms with E-state index in [9.17, 15) is 9.59 Å². The van der Waals surface area contributed by atoms with Gasteiger partial charge in [-0.2, -0.15) is 0 Å². The zero-order valence-corrected chi connectivity index (χ0v) is 20.6. The summed E-state index contributed by atoms with van der Waals surface area (Å²) in [5.74, 6) is 3.83. The number of esters is 1. The van der Waals surface area contributed by atoms with Crippen LogP contribution < -0.4 is 0 Å². The quantitative estimate of drug-likeness (QED) is 0.319. The fourth-order valence-electron chi connectivity index (χ4n) is 8.93. The molecule has 0 aromatic heterocycles. The number of unbranched alkanes of at least 4 members (excludes halogenated alkanes) is 3. The topological polar surface area (TPSA) is 43.4 Å². The number of ether oxygens (including phenoxy) is 1. The molecule has 4 rings (SSSR count). The Hall–Kier alpha value is -0.860. The van der Waals surface area contributed by atoms with Crippen molar-refractivity contribution in [3.8, 4) is 0 Å². The fraction of sp³-hybridized carbons (Fsp3) is 0.929. The summed E-state index contributed by atoms with van der Waals surface area (Å²) in [6, 6.07) is 0. The Bertz CT molecular complexity index is 671. The van der Waals surface area contributed by atoms with Gasteiger partial charge in [-0.3, -0.25) is 9.59 Å². The molecule has 3 nitrogen and oxygen atoms in total. The van der Waals surface area contributed by atoms with E-state index in [2.05, 4.69) is 20.8 Å². The molecule has 4 aliphatic rings. The summed E-state index contributed by atoms with van der Waals surface area (Å²) in [7, 11) is 0. The van der Waals surface area contributed by atoms with Crippen LogP contribution in [0.15, 0.2) is 0 Å². The van der Waals surface area contributed by atoms with Crippen LogP contribution >= 0.6 is 0 Å². The predicted molar refractivity (Wildman–Crippen MR) is 125 cm³/mol. The maximum atomic E-state index is 12.3. The summed E-state index contributed by atoms with van der Waals surface area (Å²) < 4.78 is 5.95. The lowest BCUT2D eigenvalue weighted by atomic mass is 9.44. The van der Waals surface area contributed by atoms with Crippen molar-refractivity contribution < 1.29 is 14.3 Å². The number of fused-ring (bicyclic) bond motifs is 5. The maximum Gasteiger partial charge on any atom is 0.306 e. The van der Waals surface area contributed by atoms with Gasteiger partial charge in [0.05, 0.1) is 0 Å². The summed E-state index contributed by atoms with van der Waals surface area (Å²) in [4.78, 5) is 24.7. The molecule has 8 atom stereocenters. The third kappa shape index (κ3) is 4.24. The summed E-state index contributed by atoms with van der Waals surface area (Å²) >= 11 is 0. The molecule has 31 heavy (non-hydrogen) atoms. The van der Waals surface area contributed by atoms with Gasteiger partial charge >= 0.3 is 5.97 Å². The van der Waals surface area contributed by atoms with E-state index in [1.165, 1.54) is 51.4 Å². The summed E-state index contributed by atoms with van der Waals surface area (Å²) in [5, 5.41) is 0. The van der Waals surface area contributed by atoms with Crippen LogP contribution in [0.2, 0.25) is 0 Å². The molecule has 4 aliphatic carbocycles. The molecule has 0 aromatic rings. The van der Waals surface area contributed by atoms with Crippen LogP contribution in [-0.2, 0) is 14.3 Å². The number of rotatable bonds is 7. The first-order chi connectivity index (χ1) is 14.8. The van der Waals surface area contributed by atoms with Gasteiger partial charge in [0.2, 0.25) is 0 Å². The van der Waals surface area contributed by atoms with E-state index in [0.717, 1.165) is 49.9 Å². The Balaban J connectivity index is 1.37. The fourth-order valence-corrected chi connectivity index (χ4v) is 8.93. The van der Waals surface area contributed by atoms with Crippen molar-refractivity contribution in [2.75, 3.05) is 0 Å². The minimum atomic E-state index is 0.0352. The Morgan fingerprint density at radius 3 is 2.35 bits per heavy atom. The second-order valence-electron chi connectivity index (χ2n) is 12.1. The molecule has 0 heterocycles. The molecule has 0 radical (unpaired) electrons. The molecule has 0 aromatic carbocycles. The molecule has 0 unspecified atom stereocenters.